The number of amides is 1. The highest BCUT2D eigenvalue weighted by Crippen LogP contribution is 2.15. The van der Waals surface area contributed by atoms with Gasteiger partial charge < -0.3 is 10.4 Å². The molecule has 1 amide bonds. The van der Waals surface area contributed by atoms with Crippen LogP contribution in [0.15, 0.2) is 12.1 Å². The number of carboxylic acid groups (broad SMARTS) is 1. The molecule has 118 valence electrons. The fourth-order valence-electron chi connectivity index (χ4n) is 1.80. The molecule has 2 N–H and O–H groups in total. The van der Waals surface area contributed by atoms with Crippen LogP contribution in [0.1, 0.15) is 36.0 Å². The van der Waals surface area contributed by atoms with Crippen LogP contribution in [0.5, 0.6) is 0 Å². The summed E-state index contributed by atoms with van der Waals surface area (Å²) >= 11 is 0. The topological polar surface area (TPSA) is 90.2 Å². The highest BCUT2D eigenvalue weighted by atomic mass is 19.1. The third-order valence-corrected chi connectivity index (χ3v) is 2.87. The Morgan fingerprint density at radius 3 is 2.32 bits per heavy atom. The van der Waals surface area contributed by atoms with Gasteiger partial charge in [-0.25, -0.2) is 18.0 Å². The van der Waals surface area contributed by atoms with Crippen LogP contribution in [0.25, 0.3) is 0 Å². The van der Waals surface area contributed by atoms with Gasteiger partial charge in [-0.2, -0.15) is 5.26 Å². The average molecular weight is 314 g/mol. The van der Waals surface area contributed by atoms with E-state index in [9.17, 15) is 22.8 Å². The zero-order valence-electron chi connectivity index (χ0n) is 11.4. The van der Waals surface area contributed by atoms with E-state index in [0.29, 0.717) is 25.0 Å². The molecule has 0 aromatic heterocycles. The molecule has 0 saturated carbocycles. The molecule has 1 rings (SSSR count). The first-order valence-electron chi connectivity index (χ1n) is 6.42. The zero-order valence-corrected chi connectivity index (χ0v) is 11.4. The molecule has 1 atom stereocenters. The minimum absolute atomic E-state index is 0.00713. The van der Waals surface area contributed by atoms with Gasteiger partial charge in [-0.1, -0.05) is 0 Å². The van der Waals surface area contributed by atoms with E-state index in [2.05, 4.69) is 0 Å². The van der Waals surface area contributed by atoms with Crippen molar-refractivity contribution in [1.29, 1.82) is 5.26 Å². The maximum Gasteiger partial charge on any atom is 0.326 e. The van der Waals surface area contributed by atoms with Gasteiger partial charge in [0.25, 0.3) is 5.91 Å². The average Bonchev–Trinajstić information content (AvgIpc) is 2.40. The van der Waals surface area contributed by atoms with E-state index in [1.54, 1.807) is 0 Å². The van der Waals surface area contributed by atoms with E-state index >= 15 is 0 Å². The lowest BCUT2D eigenvalue weighted by atomic mass is 10.1. The maximum atomic E-state index is 13.4. The molecule has 1 aromatic rings. The van der Waals surface area contributed by atoms with Crippen molar-refractivity contribution in [1.82, 2.24) is 5.32 Å². The van der Waals surface area contributed by atoms with Crippen LogP contribution in [-0.4, -0.2) is 23.0 Å². The Balaban J connectivity index is 2.80. The standard InChI is InChI=1S/C14H13F3N2O3/c15-8-6-9(16)12(10(17)7-8)13(20)19-11(14(21)22)4-2-1-3-5-18/h6-7,11H,1-4H2,(H,19,20)(H,21,22)/t11-/m0/s1. The van der Waals surface area contributed by atoms with Crippen LogP contribution in [0.2, 0.25) is 0 Å². The van der Waals surface area contributed by atoms with Crippen LogP contribution < -0.4 is 5.32 Å². The Morgan fingerprint density at radius 1 is 1.23 bits per heavy atom. The number of aliphatic carboxylic acids is 1. The molecule has 1 aromatic carbocycles. The second-order valence-electron chi connectivity index (χ2n) is 4.51. The quantitative estimate of drug-likeness (QED) is 0.756. The Hall–Kier alpha value is -2.56. The molecule has 0 fully saturated rings. The van der Waals surface area contributed by atoms with E-state index in [0.717, 1.165) is 0 Å². The van der Waals surface area contributed by atoms with E-state index < -0.39 is 40.9 Å². The predicted molar refractivity (Wildman–Crippen MR) is 69.3 cm³/mol. The minimum Gasteiger partial charge on any atom is -0.480 e. The molecule has 0 aliphatic carbocycles. The number of hydrogen-bond acceptors (Lipinski definition) is 3. The van der Waals surface area contributed by atoms with Gasteiger partial charge in [-0.3, -0.25) is 4.79 Å². The number of rotatable bonds is 7. The highest BCUT2D eigenvalue weighted by Gasteiger charge is 2.24. The lowest BCUT2D eigenvalue weighted by Crippen LogP contribution is -2.41. The van der Waals surface area contributed by atoms with Gasteiger partial charge in [-0.05, 0) is 19.3 Å². The highest BCUT2D eigenvalue weighted by molar-refractivity contribution is 5.97. The zero-order chi connectivity index (χ0) is 16.7. The number of nitrogens with one attached hydrogen (secondary N) is 1. The summed E-state index contributed by atoms with van der Waals surface area (Å²) < 4.78 is 39.7. The molecule has 22 heavy (non-hydrogen) atoms. The monoisotopic (exact) mass is 314 g/mol. The van der Waals surface area contributed by atoms with E-state index in [1.807, 2.05) is 11.4 Å². The van der Waals surface area contributed by atoms with Gasteiger partial charge in [0.2, 0.25) is 0 Å². The number of halogens is 3. The molecule has 0 aliphatic heterocycles. The van der Waals surface area contributed by atoms with Crippen molar-refractivity contribution in [3.63, 3.8) is 0 Å². The molecule has 0 spiro atoms. The molecule has 0 saturated heterocycles. The number of unbranched alkanes of at least 4 members (excludes halogenated alkanes) is 2. The number of carbonyl (C=O) groups is 2. The van der Waals surface area contributed by atoms with Crippen LogP contribution in [0.4, 0.5) is 13.2 Å². The Kier molecular flexibility index (Phi) is 6.38. The predicted octanol–water partition coefficient (Wildman–Crippen LogP) is 2.37. The third-order valence-electron chi connectivity index (χ3n) is 2.87. The number of carbonyl (C=O) groups excluding carboxylic acids is 1. The summed E-state index contributed by atoms with van der Waals surface area (Å²) in [4.78, 5) is 22.8. The van der Waals surface area contributed by atoms with Gasteiger partial charge in [0.15, 0.2) is 0 Å². The molecule has 0 heterocycles. The van der Waals surface area contributed by atoms with Crippen LogP contribution in [-0.2, 0) is 4.79 Å². The van der Waals surface area contributed by atoms with E-state index in [-0.39, 0.29) is 12.8 Å². The number of nitrogens with zero attached hydrogens (tertiary/aromatic N) is 1. The minimum atomic E-state index is -1.41. The third kappa shape index (κ3) is 4.77. The summed E-state index contributed by atoms with van der Waals surface area (Å²) in [6, 6.07) is 1.20. The second kappa shape index (κ2) is 8.02. The summed E-state index contributed by atoms with van der Waals surface area (Å²) in [6.45, 7) is 0. The van der Waals surface area contributed by atoms with Crippen molar-refractivity contribution in [3.8, 4) is 6.07 Å². The van der Waals surface area contributed by atoms with Crippen molar-refractivity contribution < 1.29 is 27.9 Å². The number of hydrogen-bond donors (Lipinski definition) is 2. The smallest absolute Gasteiger partial charge is 0.326 e. The van der Waals surface area contributed by atoms with E-state index in [1.165, 1.54) is 0 Å². The number of benzene rings is 1. The summed E-state index contributed by atoms with van der Waals surface area (Å²) in [6.07, 6.45) is 1.03. The Morgan fingerprint density at radius 2 is 1.82 bits per heavy atom. The van der Waals surface area contributed by atoms with E-state index in [4.69, 9.17) is 10.4 Å². The molecule has 0 unspecified atom stereocenters. The first-order chi connectivity index (χ1) is 10.4. The van der Waals surface area contributed by atoms with Gasteiger partial charge in [0, 0.05) is 18.6 Å². The van der Waals surface area contributed by atoms with Crippen molar-refractivity contribution >= 4 is 11.9 Å². The molecule has 0 radical (unpaired) electrons. The van der Waals surface area contributed by atoms with Crippen molar-refractivity contribution in [2.24, 2.45) is 0 Å². The summed E-state index contributed by atoms with van der Waals surface area (Å²) in [5.74, 6) is -6.65. The Bertz CT molecular complexity index is 591. The first kappa shape index (κ1) is 17.5. The normalized spacial score (nSPS) is 11.5. The maximum absolute atomic E-state index is 13.4. The fraction of sp³-hybridized carbons (Fsp3) is 0.357. The van der Waals surface area contributed by atoms with Crippen LogP contribution in [0.3, 0.4) is 0 Å². The fourth-order valence-corrected chi connectivity index (χ4v) is 1.80. The lowest BCUT2D eigenvalue weighted by Gasteiger charge is -2.14. The summed E-state index contributed by atoms with van der Waals surface area (Å²) in [7, 11) is 0. The first-order valence-corrected chi connectivity index (χ1v) is 6.42. The number of carboxylic acids is 1. The van der Waals surface area contributed by atoms with Gasteiger partial charge in [0.1, 0.15) is 29.1 Å². The summed E-state index contributed by atoms with van der Waals surface area (Å²) in [5, 5.41) is 19.3. The second-order valence-corrected chi connectivity index (χ2v) is 4.51. The van der Waals surface area contributed by atoms with Gasteiger partial charge in [0.05, 0.1) is 6.07 Å². The molecule has 0 bridgehead atoms. The van der Waals surface area contributed by atoms with Crippen molar-refractivity contribution in [2.75, 3.05) is 0 Å². The molecule has 5 nitrogen and oxygen atoms in total. The van der Waals surface area contributed by atoms with Gasteiger partial charge in [-0.15, -0.1) is 0 Å². The molecule has 8 heteroatoms. The lowest BCUT2D eigenvalue weighted by molar-refractivity contribution is -0.139. The van der Waals surface area contributed by atoms with Crippen LogP contribution >= 0.6 is 0 Å². The Labute approximate surface area is 124 Å². The SMILES string of the molecule is N#CCCCC[C@H](NC(=O)c1c(F)cc(F)cc1F)C(=O)O. The molecular formula is C14H13F3N2O3. The number of nitriles is 1. The largest absolute Gasteiger partial charge is 0.480 e. The van der Waals surface area contributed by atoms with Crippen LogP contribution in [0, 0.1) is 28.8 Å². The van der Waals surface area contributed by atoms with Crippen molar-refractivity contribution in [2.45, 2.75) is 31.7 Å². The van der Waals surface area contributed by atoms with Gasteiger partial charge >= 0.3 is 5.97 Å². The molecular weight excluding hydrogens is 301 g/mol. The molecule has 0 aliphatic rings. The van der Waals surface area contributed by atoms with Crippen molar-refractivity contribution in [3.05, 3.63) is 35.1 Å². The summed E-state index contributed by atoms with van der Waals surface area (Å²) in [5.41, 5.74) is -1.04.